The third kappa shape index (κ3) is 4.24. The molecule has 0 aromatic heterocycles. The maximum absolute atomic E-state index is 13.9. The van der Waals surface area contributed by atoms with Gasteiger partial charge >= 0.3 is 12.1 Å². The number of rotatable bonds is 4. The van der Waals surface area contributed by atoms with E-state index in [-0.39, 0.29) is 30.9 Å². The van der Waals surface area contributed by atoms with Crippen LogP contribution in [0.4, 0.5) is 17.6 Å². The van der Waals surface area contributed by atoms with E-state index in [0.717, 1.165) is 6.07 Å². The van der Waals surface area contributed by atoms with Gasteiger partial charge in [-0.25, -0.2) is 4.39 Å². The number of hydrogen-bond acceptors (Lipinski definition) is 3. The van der Waals surface area contributed by atoms with Crippen LogP contribution in [0.3, 0.4) is 0 Å². The van der Waals surface area contributed by atoms with Gasteiger partial charge in [0, 0.05) is 24.6 Å². The third-order valence-corrected chi connectivity index (χ3v) is 4.03. The maximum Gasteiger partial charge on any atom is 0.416 e. The Bertz CT molecular complexity index is 630. The van der Waals surface area contributed by atoms with Crippen molar-refractivity contribution in [2.24, 2.45) is 0 Å². The average Bonchev–Trinajstić information content (AvgIpc) is 2.51. The summed E-state index contributed by atoms with van der Waals surface area (Å²) in [7, 11) is 1.21. The lowest BCUT2D eigenvalue weighted by molar-refractivity contribution is -0.145. The van der Waals surface area contributed by atoms with Gasteiger partial charge in [0.1, 0.15) is 5.82 Å². The number of carbonyl (C=O) groups excluding carboxylic acids is 2. The molecule has 8 heteroatoms. The number of carbonyl (C=O) groups is 2. The topological polar surface area (TPSA) is 46.6 Å². The SMILES string of the molecule is COC(=O)CC1CCCC(=O)N1Cc1cc(C(F)(F)F)ccc1F. The van der Waals surface area contributed by atoms with Crippen molar-refractivity contribution in [3.05, 3.63) is 35.1 Å². The van der Waals surface area contributed by atoms with Crippen molar-refractivity contribution in [3.8, 4) is 0 Å². The van der Waals surface area contributed by atoms with E-state index in [2.05, 4.69) is 4.74 Å². The van der Waals surface area contributed by atoms with Crippen LogP contribution in [0.25, 0.3) is 0 Å². The standard InChI is InChI=1S/C16H17F4NO3/c1-24-15(23)8-12-3-2-4-14(22)21(12)9-10-7-11(16(18,19)20)5-6-13(10)17/h5-7,12H,2-4,8-9H2,1H3. The first-order valence-electron chi connectivity index (χ1n) is 7.44. The van der Waals surface area contributed by atoms with Gasteiger partial charge in [0.2, 0.25) is 5.91 Å². The molecule has 0 radical (unpaired) electrons. The van der Waals surface area contributed by atoms with E-state index in [1.165, 1.54) is 12.0 Å². The predicted octanol–water partition coefficient (Wildman–Crippen LogP) is 3.29. The number of likely N-dealkylation sites (tertiary alicyclic amines) is 1. The summed E-state index contributed by atoms with van der Waals surface area (Å²) in [5.41, 5.74) is -1.21. The highest BCUT2D eigenvalue weighted by Crippen LogP contribution is 2.31. The molecule has 1 amide bonds. The number of piperidine rings is 1. The molecule has 1 atom stereocenters. The molecule has 1 unspecified atom stereocenters. The average molecular weight is 347 g/mol. The first kappa shape index (κ1) is 18.2. The molecule has 1 fully saturated rings. The summed E-state index contributed by atoms with van der Waals surface area (Å²) in [5.74, 6) is -1.66. The van der Waals surface area contributed by atoms with Crippen LogP contribution in [0.15, 0.2) is 18.2 Å². The van der Waals surface area contributed by atoms with Crippen LogP contribution in [0, 0.1) is 5.82 Å². The Morgan fingerprint density at radius 1 is 1.38 bits per heavy atom. The summed E-state index contributed by atoms with van der Waals surface area (Å²) in [6, 6.07) is 1.59. The first-order chi connectivity index (χ1) is 11.2. The van der Waals surface area contributed by atoms with E-state index in [1.54, 1.807) is 0 Å². The molecule has 0 saturated carbocycles. The van der Waals surface area contributed by atoms with Crippen LogP contribution in [-0.4, -0.2) is 29.9 Å². The van der Waals surface area contributed by atoms with E-state index in [1.807, 2.05) is 0 Å². The van der Waals surface area contributed by atoms with Crippen LogP contribution < -0.4 is 0 Å². The molecule has 24 heavy (non-hydrogen) atoms. The fourth-order valence-electron chi connectivity index (χ4n) is 2.75. The van der Waals surface area contributed by atoms with Crippen LogP contribution in [-0.2, 0) is 27.0 Å². The van der Waals surface area contributed by atoms with Gasteiger partial charge in [-0.15, -0.1) is 0 Å². The quantitative estimate of drug-likeness (QED) is 0.620. The largest absolute Gasteiger partial charge is 0.469 e. The van der Waals surface area contributed by atoms with Gasteiger partial charge in [-0.1, -0.05) is 0 Å². The van der Waals surface area contributed by atoms with Gasteiger partial charge in [0.15, 0.2) is 0 Å². The number of methoxy groups -OCH3 is 1. The molecular formula is C16H17F4NO3. The zero-order valence-electron chi connectivity index (χ0n) is 13.0. The molecule has 1 aliphatic heterocycles. The van der Waals surface area contributed by atoms with Gasteiger partial charge in [-0.2, -0.15) is 13.2 Å². The number of ether oxygens (including phenoxy) is 1. The van der Waals surface area contributed by atoms with Crippen molar-refractivity contribution in [2.45, 2.75) is 44.4 Å². The Kier molecular flexibility index (Phi) is 5.46. The molecule has 132 valence electrons. The summed E-state index contributed by atoms with van der Waals surface area (Å²) < 4.78 is 56.8. The highest BCUT2D eigenvalue weighted by molar-refractivity contribution is 5.78. The Morgan fingerprint density at radius 2 is 2.08 bits per heavy atom. The van der Waals surface area contributed by atoms with Gasteiger partial charge in [0.05, 0.1) is 19.1 Å². The number of hydrogen-bond donors (Lipinski definition) is 0. The number of benzene rings is 1. The number of alkyl halides is 3. The Labute approximate surface area is 136 Å². The minimum Gasteiger partial charge on any atom is -0.469 e. The molecule has 1 aromatic carbocycles. The Balaban J connectivity index is 2.25. The second-order valence-electron chi connectivity index (χ2n) is 5.65. The maximum atomic E-state index is 13.9. The molecule has 0 spiro atoms. The lowest BCUT2D eigenvalue weighted by Gasteiger charge is -2.35. The van der Waals surface area contributed by atoms with Gasteiger partial charge in [0.25, 0.3) is 0 Å². The predicted molar refractivity (Wildman–Crippen MR) is 76.2 cm³/mol. The monoisotopic (exact) mass is 347 g/mol. The van der Waals surface area contributed by atoms with E-state index in [4.69, 9.17) is 0 Å². The van der Waals surface area contributed by atoms with Crippen LogP contribution in [0.5, 0.6) is 0 Å². The fourth-order valence-corrected chi connectivity index (χ4v) is 2.75. The summed E-state index contributed by atoms with van der Waals surface area (Å²) >= 11 is 0. The van der Waals surface area contributed by atoms with Crippen LogP contribution in [0.2, 0.25) is 0 Å². The zero-order chi connectivity index (χ0) is 17.9. The summed E-state index contributed by atoms with van der Waals surface area (Å²) in [5, 5.41) is 0. The fraction of sp³-hybridized carbons (Fsp3) is 0.500. The number of nitrogens with zero attached hydrogens (tertiary/aromatic N) is 1. The van der Waals surface area contributed by atoms with E-state index in [0.29, 0.717) is 25.0 Å². The zero-order valence-corrected chi connectivity index (χ0v) is 13.0. The summed E-state index contributed by atoms with van der Waals surface area (Å²) in [6.45, 7) is -0.309. The van der Waals surface area contributed by atoms with E-state index in [9.17, 15) is 27.2 Å². The second kappa shape index (κ2) is 7.19. The van der Waals surface area contributed by atoms with Crippen molar-refractivity contribution in [1.29, 1.82) is 0 Å². The lowest BCUT2D eigenvalue weighted by atomic mass is 9.97. The number of amides is 1. The van der Waals surface area contributed by atoms with Crippen molar-refractivity contribution in [1.82, 2.24) is 4.90 Å². The summed E-state index contributed by atoms with van der Waals surface area (Å²) in [6.07, 6.45) is -3.36. The minimum atomic E-state index is -4.60. The highest BCUT2D eigenvalue weighted by atomic mass is 19.4. The molecule has 2 rings (SSSR count). The summed E-state index contributed by atoms with van der Waals surface area (Å²) in [4.78, 5) is 24.8. The molecule has 1 aliphatic rings. The lowest BCUT2D eigenvalue weighted by Crippen LogP contribution is -2.44. The molecule has 0 N–H and O–H groups in total. The third-order valence-electron chi connectivity index (χ3n) is 4.03. The smallest absolute Gasteiger partial charge is 0.416 e. The molecule has 1 aromatic rings. The van der Waals surface area contributed by atoms with Gasteiger partial charge < -0.3 is 9.64 Å². The normalized spacial score (nSPS) is 18.6. The van der Waals surface area contributed by atoms with Gasteiger partial charge in [-0.05, 0) is 31.0 Å². The van der Waals surface area contributed by atoms with Crippen molar-refractivity contribution in [2.75, 3.05) is 7.11 Å². The minimum absolute atomic E-state index is 0.0666. The van der Waals surface area contributed by atoms with Crippen molar-refractivity contribution >= 4 is 11.9 Å². The number of esters is 1. The van der Waals surface area contributed by atoms with Crippen molar-refractivity contribution in [3.63, 3.8) is 0 Å². The molecule has 0 aliphatic carbocycles. The second-order valence-corrected chi connectivity index (χ2v) is 5.65. The van der Waals surface area contributed by atoms with E-state index < -0.39 is 29.6 Å². The van der Waals surface area contributed by atoms with Crippen molar-refractivity contribution < 1.29 is 31.9 Å². The Morgan fingerprint density at radius 3 is 2.71 bits per heavy atom. The van der Waals surface area contributed by atoms with E-state index >= 15 is 0 Å². The Hall–Kier alpha value is -2.12. The van der Waals surface area contributed by atoms with Crippen LogP contribution in [0.1, 0.15) is 36.8 Å². The molecule has 4 nitrogen and oxygen atoms in total. The number of halogens is 4. The first-order valence-corrected chi connectivity index (χ1v) is 7.44. The molecule has 1 saturated heterocycles. The molecular weight excluding hydrogens is 330 g/mol. The molecule has 0 bridgehead atoms. The van der Waals surface area contributed by atoms with Gasteiger partial charge in [-0.3, -0.25) is 9.59 Å². The highest BCUT2D eigenvalue weighted by Gasteiger charge is 2.33. The van der Waals surface area contributed by atoms with Crippen LogP contribution >= 0.6 is 0 Å². The molecule has 1 heterocycles.